The van der Waals surface area contributed by atoms with Gasteiger partial charge in [0.05, 0.1) is 12.0 Å². The Bertz CT molecular complexity index is 723. The Morgan fingerprint density at radius 2 is 2.04 bits per heavy atom. The van der Waals surface area contributed by atoms with Crippen molar-refractivity contribution in [1.82, 2.24) is 19.6 Å². The zero-order chi connectivity index (χ0) is 17.1. The average Bonchev–Trinajstić information content (AvgIpc) is 3.18. The molecule has 0 radical (unpaired) electrons. The van der Waals surface area contributed by atoms with Crippen molar-refractivity contribution < 1.29 is 9.21 Å². The number of piperazine rings is 1. The van der Waals surface area contributed by atoms with E-state index in [1.165, 1.54) is 11.3 Å². The summed E-state index contributed by atoms with van der Waals surface area (Å²) in [6.45, 7) is 8.33. The molecule has 6 nitrogen and oxygen atoms in total. The molecule has 0 aliphatic carbocycles. The van der Waals surface area contributed by atoms with Crippen LogP contribution in [0.4, 0.5) is 0 Å². The molecule has 128 valence electrons. The van der Waals surface area contributed by atoms with E-state index in [-0.39, 0.29) is 5.91 Å². The molecule has 6 heteroatoms. The lowest BCUT2D eigenvalue weighted by Crippen LogP contribution is -2.47. The smallest absolute Gasteiger partial charge is 0.246 e. The van der Waals surface area contributed by atoms with Crippen molar-refractivity contribution in [3.8, 4) is 0 Å². The summed E-state index contributed by atoms with van der Waals surface area (Å²) in [7, 11) is 1.98. The van der Waals surface area contributed by atoms with Gasteiger partial charge in [0.15, 0.2) is 0 Å². The predicted molar refractivity (Wildman–Crippen MR) is 92.3 cm³/mol. The number of amides is 1. The first-order valence-corrected chi connectivity index (χ1v) is 8.26. The number of hydrogen-bond acceptors (Lipinski definition) is 4. The van der Waals surface area contributed by atoms with E-state index in [2.05, 4.69) is 23.8 Å². The van der Waals surface area contributed by atoms with Crippen LogP contribution in [-0.2, 0) is 18.4 Å². The summed E-state index contributed by atoms with van der Waals surface area (Å²) in [6.07, 6.45) is 4.91. The SMILES string of the molecule is Cc1nn(C)c(C)c1CN1CCN(C(=O)/C=C/c2ccco2)CC1. The summed E-state index contributed by atoms with van der Waals surface area (Å²) < 4.78 is 7.14. The molecule has 2 aromatic rings. The lowest BCUT2D eigenvalue weighted by atomic mass is 10.1. The van der Waals surface area contributed by atoms with Gasteiger partial charge in [0.2, 0.25) is 5.91 Å². The topological polar surface area (TPSA) is 54.5 Å². The van der Waals surface area contributed by atoms with Crippen LogP contribution < -0.4 is 0 Å². The fourth-order valence-electron chi connectivity index (χ4n) is 3.04. The largest absolute Gasteiger partial charge is 0.465 e. The molecule has 3 heterocycles. The zero-order valence-corrected chi connectivity index (χ0v) is 14.5. The standard InChI is InChI=1S/C18H24N4O2/c1-14-17(15(2)20(3)19-14)13-21-8-10-22(11-9-21)18(23)7-6-16-5-4-12-24-16/h4-7,12H,8-11,13H2,1-3H3/b7-6+. The first kappa shape index (κ1) is 16.5. The normalized spacial score (nSPS) is 16.2. The van der Waals surface area contributed by atoms with Crippen molar-refractivity contribution in [3.05, 3.63) is 47.2 Å². The minimum atomic E-state index is 0.0415. The zero-order valence-electron chi connectivity index (χ0n) is 14.5. The number of aromatic nitrogens is 2. The minimum absolute atomic E-state index is 0.0415. The monoisotopic (exact) mass is 328 g/mol. The number of carbonyl (C=O) groups excluding carboxylic acids is 1. The molecule has 0 aromatic carbocycles. The van der Waals surface area contributed by atoms with Gasteiger partial charge in [-0.3, -0.25) is 14.4 Å². The maximum absolute atomic E-state index is 12.2. The van der Waals surface area contributed by atoms with Crippen molar-refractivity contribution in [2.75, 3.05) is 26.2 Å². The summed E-state index contributed by atoms with van der Waals surface area (Å²) in [6, 6.07) is 3.64. The van der Waals surface area contributed by atoms with Crippen LogP contribution in [0.5, 0.6) is 0 Å². The van der Waals surface area contributed by atoms with Crippen molar-refractivity contribution in [2.24, 2.45) is 7.05 Å². The molecule has 1 saturated heterocycles. The summed E-state index contributed by atoms with van der Waals surface area (Å²) in [4.78, 5) is 16.5. The average molecular weight is 328 g/mol. The van der Waals surface area contributed by atoms with E-state index < -0.39 is 0 Å². The predicted octanol–water partition coefficient (Wildman–Crippen LogP) is 1.99. The van der Waals surface area contributed by atoms with Crippen LogP contribution in [-0.4, -0.2) is 51.7 Å². The number of carbonyl (C=O) groups is 1. The van der Waals surface area contributed by atoms with Gasteiger partial charge < -0.3 is 9.32 Å². The molecular weight excluding hydrogens is 304 g/mol. The van der Waals surface area contributed by atoms with Gasteiger partial charge in [0.1, 0.15) is 5.76 Å². The van der Waals surface area contributed by atoms with Gasteiger partial charge in [-0.2, -0.15) is 5.10 Å². The third-order valence-corrected chi connectivity index (χ3v) is 4.66. The first-order chi connectivity index (χ1) is 11.5. The maximum Gasteiger partial charge on any atom is 0.246 e. The molecular formula is C18H24N4O2. The lowest BCUT2D eigenvalue weighted by molar-refractivity contribution is -0.127. The second kappa shape index (κ2) is 7.05. The third kappa shape index (κ3) is 3.59. The molecule has 0 bridgehead atoms. The molecule has 3 rings (SSSR count). The highest BCUT2D eigenvalue weighted by Gasteiger charge is 2.21. The Morgan fingerprint density at radius 1 is 1.29 bits per heavy atom. The van der Waals surface area contributed by atoms with Gasteiger partial charge >= 0.3 is 0 Å². The van der Waals surface area contributed by atoms with E-state index in [1.54, 1.807) is 18.4 Å². The van der Waals surface area contributed by atoms with Gasteiger partial charge in [-0.15, -0.1) is 0 Å². The van der Waals surface area contributed by atoms with Crippen LogP contribution >= 0.6 is 0 Å². The Labute approximate surface area is 142 Å². The van der Waals surface area contributed by atoms with Crippen LogP contribution in [0, 0.1) is 13.8 Å². The molecule has 1 aliphatic rings. The number of hydrogen-bond donors (Lipinski definition) is 0. The van der Waals surface area contributed by atoms with Crippen molar-refractivity contribution in [2.45, 2.75) is 20.4 Å². The Hall–Kier alpha value is -2.34. The van der Waals surface area contributed by atoms with Gasteiger partial charge in [-0.25, -0.2) is 0 Å². The summed E-state index contributed by atoms with van der Waals surface area (Å²) in [5.74, 6) is 0.740. The quantitative estimate of drug-likeness (QED) is 0.806. The number of nitrogens with zero attached hydrogens (tertiary/aromatic N) is 4. The van der Waals surface area contributed by atoms with E-state index in [0.29, 0.717) is 5.76 Å². The molecule has 0 N–H and O–H groups in total. The number of aryl methyl sites for hydroxylation is 2. The van der Waals surface area contributed by atoms with Crippen molar-refractivity contribution >= 4 is 12.0 Å². The molecule has 1 amide bonds. The highest BCUT2D eigenvalue weighted by molar-refractivity contribution is 5.91. The van der Waals surface area contributed by atoms with Crippen LogP contribution in [0.1, 0.15) is 22.7 Å². The third-order valence-electron chi connectivity index (χ3n) is 4.66. The number of rotatable bonds is 4. The van der Waals surface area contributed by atoms with Gasteiger partial charge in [-0.05, 0) is 32.1 Å². The van der Waals surface area contributed by atoms with Gasteiger partial charge in [-0.1, -0.05) is 0 Å². The van der Waals surface area contributed by atoms with Crippen LogP contribution in [0.2, 0.25) is 0 Å². The van der Waals surface area contributed by atoms with E-state index in [4.69, 9.17) is 4.42 Å². The second-order valence-electron chi connectivity index (χ2n) is 6.22. The molecule has 0 atom stereocenters. The first-order valence-electron chi connectivity index (χ1n) is 8.26. The van der Waals surface area contributed by atoms with Crippen LogP contribution in [0.15, 0.2) is 28.9 Å². The maximum atomic E-state index is 12.2. The van der Waals surface area contributed by atoms with E-state index in [9.17, 15) is 4.79 Å². The van der Waals surface area contributed by atoms with Crippen LogP contribution in [0.25, 0.3) is 6.08 Å². The molecule has 24 heavy (non-hydrogen) atoms. The van der Waals surface area contributed by atoms with E-state index in [1.807, 2.05) is 28.8 Å². The highest BCUT2D eigenvalue weighted by atomic mass is 16.3. The van der Waals surface area contributed by atoms with Gasteiger partial charge in [0, 0.05) is 57.1 Å². The van der Waals surface area contributed by atoms with Crippen LogP contribution in [0.3, 0.4) is 0 Å². The molecule has 2 aromatic heterocycles. The lowest BCUT2D eigenvalue weighted by Gasteiger charge is -2.34. The van der Waals surface area contributed by atoms with Crippen molar-refractivity contribution in [3.63, 3.8) is 0 Å². The van der Waals surface area contributed by atoms with E-state index in [0.717, 1.165) is 38.4 Å². The summed E-state index contributed by atoms with van der Waals surface area (Å²) in [5.41, 5.74) is 3.61. The second-order valence-corrected chi connectivity index (χ2v) is 6.22. The number of furan rings is 1. The van der Waals surface area contributed by atoms with E-state index >= 15 is 0 Å². The van der Waals surface area contributed by atoms with Gasteiger partial charge in [0.25, 0.3) is 0 Å². The Balaban J connectivity index is 1.53. The Kier molecular flexibility index (Phi) is 4.85. The summed E-state index contributed by atoms with van der Waals surface area (Å²) in [5, 5.41) is 4.48. The Morgan fingerprint density at radius 3 is 2.62 bits per heavy atom. The fraction of sp³-hybridized carbons (Fsp3) is 0.444. The molecule has 0 spiro atoms. The van der Waals surface area contributed by atoms with Crippen molar-refractivity contribution in [1.29, 1.82) is 0 Å². The highest BCUT2D eigenvalue weighted by Crippen LogP contribution is 2.16. The molecule has 0 unspecified atom stereocenters. The fourth-order valence-corrected chi connectivity index (χ4v) is 3.04. The molecule has 0 saturated carbocycles. The molecule has 1 fully saturated rings. The molecule has 1 aliphatic heterocycles. The summed E-state index contributed by atoms with van der Waals surface area (Å²) >= 11 is 0. The minimum Gasteiger partial charge on any atom is -0.465 e.